The Morgan fingerprint density at radius 3 is 2.58 bits per heavy atom. The Morgan fingerprint density at radius 2 is 2.17 bits per heavy atom. The van der Waals surface area contributed by atoms with Gasteiger partial charge in [-0.3, -0.25) is 0 Å². The van der Waals surface area contributed by atoms with Gasteiger partial charge in [0.25, 0.3) is 0 Å². The molecule has 0 bridgehead atoms. The van der Waals surface area contributed by atoms with Gasteiger partial charge in [0.05, 0.1) is 0 Å². The van der Waals surface area contributed by atoms with Crippen molar-refractivity contribution in [2.24, 2.45) is 5.41 Å². The second-order valence-corrected chi connectivity index (χ2v) is 3.82. The molecule has 1 rings (SSSR count). The highest BCUT2D eigenvalue weighted by Crippen LogP contribution is 2.51. The van der Waals surface area contributed by atoms with E-state index in [1.165, 1.54) is 19.3 Å². The van der Waals surface area contributed by atoms with Gasteiger partial charge in [-0.15, -0.1) is 0 Å². The zero-order valence-electron chi connectivity index (χ0n) is 8.52. The molecule has 72 valence electrons. The second-order valence-electron chi connectivity index (χ2n) is 3.82. The second kappa shape index (κ2) is 4.24. The normalized spacial score (nSPS) is 22.2. The number of ether oxygens (including phenoxy) is 1. The summed E-state index contributed by atoms with van der Waals surface area (Å²) < 4.78 is 5.38. The lowest BCUT2D eigenvalue weighted by atomic mass is 9.94. The Balaban J connectivity index is 2.20. The molecular formula is C10H21NO. The lowest BCUT2D eigenvalue weighted by Gasteiger charge is -2.22. The third kappa shape index (κ3) is 2.20. The standard InChI is InChI=1S/C10H21NO/c1-4-12-8-7-10(5-6-10)9(2)11-3/h9,11H,4-8H2,1-3H3. The van der Waals surface area contributed by atoms with Crippen LogP contribution >= 0.6 is 0 Å². The number of hydrogen-bond acceptors (Lipinski definition) is 2. The molecule has 12 heavy (non-hydrogen) atoms. The molecule has 0 aromatic heterocycles. The van der Waals surface area contributed by atoms with Gasteiger partial charge in [-0.25, -0.2) is 0 Å². The van der Waals surface area contributed by atoms with E-state index in [0.29, 0.717) is 11.5 Å². The SMILES string of the molecule is CCOCCC1(C(C)NC)CC1. The van der Waals surface area contributed by atoms with Crippen LogP contribution in [0.2, 0.25) is 0 Å². The van der Waals surface area contributed by atoms with E-state index in [2.05, 4.69) is 19.2 Å². The van der Waals surface area contributed by atoms with E-state index >= 15 is 0 Å². The van der Waals surface area contributed by atoms with Crippen LogP contribution in [0, 0.1) is 5.41 Å². The summed E-state index contributed by atoms with van der Waals surface area (Å²) in [6.07, 6.45) is 3.98. The van der Waals surface area contributed by atoms with Crippen molar-refractivity contribution in [1.29, 1.82) is 0 Å². The van der Waals surface area contributed by atoms with Gasteiger partial charge in [-0.2, -0.15) is 0 Å². The van der Waals surface area contributed by atoms with Crippen LogP contribution in [0.15, 0.2) is 0 Å². The maximum absolute atomic E-state index is 5.38. The van der Waals surface area contributed by atoms with Crippen molar-refractivity contribution in [3.63, 3.8) is 0 Å². The van der Waals surface area contributed by atoms with Crippen LogP contribution in [0.4, 0.5) is 0 Å². The molecule has 1 aliphatic carbocycles. The molecule has 1 aliphatic rings. The van der Waals surface area contributed by atoms with Crippen LogP contribution in [-0.4, -0.2) is 26.3 Å². The monoisotopic (exact) mass is 171 g/mol. The molecule has 1 N–H and O–H groups in total. The number of nitrogens with one attached hydrogen (secondary N) is 1. The predicted octanol–water partition coefficient (Wildman–Crippen LogP) is 1.80. The van der Waals surface area contributed by atoms with Gasteiger partial charge in [0.15, 0.2) is 0 Å². The Morgan fingerprint density at radius 1 is 1.50 bits per heavy atom. The molecule has 1 unspecified atom stereocenters. The fraction of sp³-hybridized carbons (Fsp3) is 1.00. The minimum Gasteiger partial charge on any atom is -0.382 e. The molecule has 0 saturated heterocycles. The Hall–Kier alpha value is -0.0800. The summed E-state index contributed by atoms with van der Waals surface area (Å²) in [4.78, 5) is 0. The summed E-state index contributed by atoms with van der Waals surface area (Å²) in [5, 5.41) is 3.34. The van der Waals surface area contributed by atoms with Crippen LogP contribution in [-0.2, 0) is 4.74 Å². The third-order valence-corrected chi connectivity index (χ3v) is 3.19. The molecule has 0 radical (unpaired) electrons. The van der Waals surface area contributed by atoms with Crippen LogP contribution in [0.1, 0.15) is 33.1 Å². The minimum atomic E-state index is 0.573. The highest BCUT2D eigenvalue weighted by molar-refractivity contribution is 4.99. The van der Waals surface area contributed by atoms with Gasteiger partial charge in [0.2, 0.25) is 0 Å². The zero-order chi connectivity index (χ0) is 9.03. The number of hydrogen-bond donors (Lipinski definition) is 1. The van der Waals surface area contributed by atoms with E-state index in [-0.39, 0.29) is 0 Å². The third-order valence-electron chi connectivity index (χ3n) is 3.19. The van der Waals surface area contributed by atoms with Crippen LogP contribution in [0.5, 0.6) is 0 Å². The fourth-order valence-corrected chi connectivity index (χ4v) is 1.79. The van der Waals surface area contributed by atoms with Gasteiger partial charge < -0.3 is 10.1 Å². The largest absolute Gasteiger partial charge is 0.382 e. The van der Waals surface area contributed by atoms with E-state index in [1.807, 2.05) is 7.05 Å². The molecule has 0 aromatic carbocycles. The average Bonchev–Trinajstić information content (AvgIpc) is 2.85. The minimum absolute atomic E-state index is 0.573. The molecule has 2 nitrogen and oxygen atoms in total. The van der Waals surface area contributed by atoms with Gasteiger partial charge in [0.1, 0.15) is 0 Å². The quantitative estimate of drug-likeness (QED) is 0.615. The van der Waals surface area contributed by atoms with Gasteiger partial charge in [-0.05, 0) is 45.6 Å². The van der Waals surface area contributed by atoms with E-state index in [1.54, 1.807) is 0 Å². The summed E-state index contributed by atoms with van der Waals surface area (Å²) >= 11 is 0. The summed E-state index contributed by atoms with van der Waals surface area (Å²) in [6.45, 7) is 6.12. The molecule has 0 aromatic rings. The van der Waals surface area contributed by atoms with Crippen molar-refractivity contribution in [1.82, 2.24) is 5.32 Å². The predicted molar refractivity (Wildman–Crippen MR) is 51.3 cm³/mol. The van der Waals surface area contributed by atoms with Crippen LogP contribution in [0.25, 0.3) is 0 Å². The molecule has 0 spiro atoms. The van der Waals surface area contributed by atoms with Crippen LogP contribution < -0.4 is 5.32 Å². The molecule has 1 fully saturated rings. The first-order valence-electron chi connectivity index (χ1n) is 5.00. The summed E-state index contributed by atoms with van der Waals surface area (Å²) in [5.74, 6) is 0. The topological polar surface area (TPSA) is 21.3 Å². The van der Waals surface area contributed by atoms with Crippen molar-refractivity contribution in [2.75, 3.05) is 20.3 Å². The first-order valence-corrected chi connectivity index (χ1v) is 5.00. The van der Waals surface area contributed by atoms with Crippen molar-refractivity contribution in [3.8, 4) is 0 Å². The number of rotatable bonds is 6. The van der Waals surface area contributed by atoms with Crippen molar-refractivity contribution in [3.05, 3.63) is 0 Å². The van der Waals surface area contributed by atoms with Crippen molar-refractivity contribution >= 4 is 0 Å². The molecule has 0 heterocycles. The van der Waals surface area contributed by atoms with Gasteiger partial charge in [-0.1, -0.05) is 0 Å². The molecule has 1 atom stereocenters. The van der Waals surface area contributed by atoms with Crippen molar-refractivity contribution < 1.29 is 4.74 Å². The first-order chi connectivity index (χ1) is 5.75. The lowest BCUT2D eigenvalue weighted by Crippen LogP contribution is -2.32. The molecular weight excluding hydrogens is 150 g/mol. The molecule has 2 heteroatoms. The maximum atomic E-state index is 5.38. The van der Waals surface area contributed by atoms with E-state index < -0.39 is 0 Å². The van der Waals surface area contributed by atoms with Gasteiger partial charge >= 0.3 is 0 Å². The molecule has 0 amide bonds. The Kier molecular flexibility index (Phi) is 3.53. The molecule has 0 aliphatic heterocycles. The van der Waals surface area contributed by atoms with Crippen molar-refractivity contribution in [2.45, 2.75) is 39.2 Å². The zero-order valence-corrected chi connectivity index (χ0v) is 8.52. The van der Waals surface area contributed by atoms with E-state index in [4.69, 9.17) is 4.74 Å². The van der Waals surface area contributed by atoms with E-state index in [0.717, 1.165) is 13.2 Å². The lowest BCUT2D eigenvalue weighted by molar-refractivity contribution is 0.121. The smallest absolute Gasteiger partial charge is 0.0471 e. The van der Waals surface area contributed by atoms with Gasteiger partial charge in [0, 0.05) is 19.3 Å². The highest BCUT2D eigenvalue weighted by atomic mass is 16.5. The highest BCUT2D eigenvalue weighted by Gasteiger charge is 2.45. The Labute approximate surface area is 75.7 Å². The maximum Gasteiger partial charge on any atom is 0.0471 e. The van der Waals surface area contributed by atoms with Crippen LogP contribution in [0.3, 0.4) is 0 Å². The summed E-state index contributed by atoms with van der Waals surface area (Å²) in [6, 6.07) is 0.651. The summed E-state index contributed by atoms with van der Waals surface area (Å²) in [5.41, 5.74) is 0.573. The Bertz CT molecular complexity index is 132. The summed E-state index contributed by atoms with van der Waals surface area (Å²) in [7, 11) is 2.05. The first kappa shape index (κ1) is 10.0. The molecule has 1 saturated carbocycles. The van der Waals surface area contributed by atoms with E-state index in [9.17, 15) is 0 Å². The average molecular weight is 171 g/mol. The fourth-order valence-electron chi connectivity index (χ4n) is 1.79.